The second-order valence-corrected chi connectivity index (χ2v) is 5.68. The lowest BCUT2D eigenvalue weighted by Crippen LogP contribution is -2.38. The van der Waals surface area contributed by atoms with Crippen molar-refractivity contribution in [3.05, 3.63) is 0 Å². The smallest absolute Gasteiger partial charge is 0.241 e. The molecule has 1 aliphatic carbocycles. The average molecular weight is 238 g/mol. The lowest BCUT2D eigenvalue weighted by Gasteiger charge is -2.29. The van der Waals surface area contributed by atoms with Gasteiger partial charge < -0.3 is 4.90 Å². The van der Waals surface area contributed by atoms with Gasteiger partial charge in [-0.3, -0.25) is 10.1 Å². The van der Waals surface area contributed by atoms with E-state index in [-0.39, 0.29) is 12.2 Å². The first-order valence-corrected chi connectivity index (χ1v) is 7.29. The zero-order valence-electron chi connectivity index (χ0n) is 11.2. The standard InChI is InChI=1S/C14H26N2O/c1-3-7-13-14(17)16(11(2)15-13)10-12-8-5-4-6-9-12/h11-13,15H,3-10H2,1-2H3. The van der Waals surface area contributed by atoms with E-state index in [1.165, 1.54) is 32.1 Å². The second kappa shape index (κ2) is 5.85. The fourth-order valence-corrected chi connectivity index (χ4v) is 3.23. The molecule has 0 aromatic carbocycles. The Morgan fingerprint density at radius 2 is 2.00 bits per heavy atom. The van der Waals surface area contributed by atoms with E-state index in [9.17, 15) is 4.79 Å². The summed E-state index contributed by atoms with van der Waals surface area (Å²) in [4.78, 5) is 14.3. The highest BCUT2D eigenvalue weighted by Gasteiger charge is 2.36. The monoisotopic (exact) mass is 238 g/mol. The number of carbonyl (C=O) groups is 1. The molecule has 1 aliphatic heterocycles. The van der Waals surface area contributed by atoms with Crippen molar-refractivity contribution in [3.8, 4) is 0 Å². The van der Waals surface area contributed by atoms with Crippen LogP contribution < -0.4 is 5.32 Å². The third kappa shape index (κ3) is 3.01. The Balaban J connectivity index is 1.88. The van der Waals surface area contributed by atoms with Crippen LogP contribution in [0.4, 0.5) is 0 Å². The van der Waals surface area contributed by atoms with Crippen molar-refractivity contribution < 1.29 is 4.79 Å². The van der Waals surface area contributed by atoms with Gasteiger partial charge >= 0.3 is 0 Å². The minimum atomic E-state index is 0.0820. The van der Waals surface area contributed by atoms with Crippen LogP contribution in [0.15, 0.2) is 0 Å². The van der Waals surface area contributed by atoms with Crippen molar-refractivity contribution in [1.29, 1.82) is 0 Å². The molecule has 1 saturated heterocycles. The maximum absolute atomic E-state index is 12.2. The molecule has 1 N–H and O–H groups in total. The van der Waals surface area contributed by atoms with E-state index >= 15 is 0 Å². The molecule has 1 saturated carbocycles. The van der Waals surface area contributed by atoms with Crippen LogP contribution in [0.3, 0.4) is 0 Å². The maximum Gasteiger partial charge on any atom is 0.241 e. The Morgan fingerprint density at radius 1 is 1.29 bits per heavy atom. The molecule has 1 heterocycles. The fourth-order valence-electron chi connectivity index (χ4n) is 3.23. The molecule has 3 heteroatoms. The highest BCUT2D eigenvalue weighted by Crippen LogP contribution is 2.26. The van der Waals surface area contributed by atoms with Gasteiger partial charge in [0, 0.05) is 6.54 Å². The molecule has 2 atom stereocenters. The number of nitrogens with zero attached hydrogens (tertiary/aromatic N) is 1. The van der Waals surface area contributed by atoms with E-state index in [0.717, 1.165) is 25.3 Å². The lowest BCUT2D eigenvalue weighted by molar-refractivity contribution is -0.130. The zero-order chi connectivity index (χ0) is 12.3. The van der Waals surface area contributed by atoms with Gasteiger partial charge in [-0.1, -0.05) is 32.6 Å². The molecular weight excluding hydrogens is 212 g/mol. The van der Waals surface area contributed by atoms with Gasteiger partial charge in [0.05, 0.1) is 12.2 Å². The number of nitrogens with one attached hydrogen (secondary N) is 1. The largest absolute Gasteiger partial charge is 0.326 e. The predicted octanol–water partition coefficient (Wildman–Crippen LogP) is 2.51. The maximum atomic E-state index is 12.2. The third-order valence-corrected chi connectivity index (χ3v) is 4.25. The van der Waals surface area contributed by atoms with Crippen molar-refractivity contribution in [2.45, 2.75) is 71.0 Å². The summed E-state index contributed by atoms with van der Waals surface area (Å²) >= 11 is 0. The summed E-state index contributed by atoms with van der Waals surface area (Å²) in [5.74, 6) is 1.09. The van der Waals surface area contributed by atoms with Crippen LogP contribution in [0, 0.1) is 5.92 Å². The zero-order valence-corrected chi connectivity index (χ0v) is 11.2. The van der Waals surface area contributed by atoms with Crippen LogP contribution in [0.25, 0.3) is 0 Å². The van der Waals surface area contributed by atoms with E-state index in [1.807, 2.05) is 0 Å². The number of amides is 1. The number of hydrogen-bond acceptors (Lipinski definition) is 2. The Morgan fingerprint density at radius 3 is 2.65 bits per heavy atom. The van der Waals surface area contributed by atoms with Crippen LogP contribution in [-0.4, -0.2) is 29.6 Å². The van der Waals surface area contributed by atoms with Gasteiger partial charge in [-0.2, -0.15) is 0 Å². The highest BCUT2D eigenvalue weighted by molar-refractivity contribution is 5.84. The SMILES string of the molecule is CCCC1NC(C)N(CC2CCCCC2)C1=O. The van der Waals surface area contributed by atoms with Crippen LogP contribution in [0.2, 0.25) is 0 Å². The van der Waals surface area contributed by atoms with Crippen LogP contribution in [-0.2, 0) is 4.79 Å². The molecule has 2 rings (SSSR count). The van der Waals surface area contributed by atoms with E-state index in [2.05, 4.69) is 24.1 Å². The number of hydrogen-bond donors (Lipinski definition) is 1. The summed E-state index contributed by atoms with van der Waals surface area (Å²) in [5, 5.41) is 3.42. The van der Waals surface area contributed by atoms with Gasteiger partial charge in [0.1, 0.15) is 0 Å². The normalized spacial score (nSPS) is 31.2. The minimum absolute atomic E-state index is 0.0820. The van der Waals surface area contributed by atoms with Crippen LogP contribution >= 0.6 is 0 Å². The minimum Gasteiger partial charge on any atom is -0.326 e. The van der Waals surface area contributed by atoms with Crippen molar-refractivity contribution >= 4 is 5.91 Å². The molecule has 0 spiro atoms. The van der Waals surface area contributed by atoms with Gasteiger partial charge in [-0.05, 0) is 32.1 Å². The molecule has 2 unspecified atom stereocenters. The van der Waals surface area contributed by atoms with Crippen molar-refractivity contribution in [2.75, 3.05) is 6.54 Å². The average Bonchev–Trinajstić information content (AvgIpc) is 2.59. The van der Waals surface area contributed by atoms with E-state index in [1.54, 1.807) is 0 Å². The molecule has 98 valence electrons. The van der Waals surface area contributed by atoms with Gasteiger partial charge in [0.2, 0.25) is 5.91 Å². The first-order valence-electron chi connectivity index (χ1n) is 7.29. The quantitative estimate of drug-likeness (QED) is 0.816. The first kappa shape index (κ1) is 12.9. The molecule has 0 aromatic rings. The predicted molar refractivity (Wildman–Crippen MR) is 69.6 cm³/mol. The van der Waals surface area contributed by atoms with Gasteiger partial charge in [-0.25, -0.2) is 0 Å². The molecule has 3 nitrogen and oxygen atoms in total. The number of carbonyl (C=O) groups excluding carboxylic acids is 1. The summed E-state index contributed by atoms with van der Waals surface area (Å²) in [7, 11) is 0. The van der Waals surface area contributed by atoms with E-state index < -0.39 is 0 Å². The first-order chi connectivity index (χ1) is 8.22. The molecule has 1 amide bonds. The summed E-state index contributed by atoms with van der Waals surface area (Å²) in [6.07, 6.45) is 9.01. The molecule has 0 bridgehead atoms. The van der Waals surface area contributed by atoms with Crippen molar-refractivity contribution in [1.82, 2.24) is 10.2 Å². The van der Waals surface area contributed by atoms with Gasteiger partial charge in [0.15, 0.2) is 0 Å². The molecule has 0 radical (unpaired) electrons. The van der Waals surface area contributed by atoms with Gasteiger partial charge in [-0.15, -0.1) is 0 Å². The van der Waals surface area contributed by atoms with Gasteiger partial charge in [0.25, 0.3) is 0 Å². The molecular formula is C14H26N2O. The Bertz CT molecular complexity index is 261. The summed E-state index contributed by atoms with van der Waals surface area (Å²) in [6.45, 7) is 5.24. The molecule has 0 aromatic heterocycles. The summed E-state index contributed by atoms with van der Waals surface area (Å²) in [6, 6.07) is 0.0820. The lowest BCUT2D eigenvalue weighted by atomic mass is 9.89. The number of rotatable bonds is 4. The van der Waals surface area contributed by atoms with Crippen molar-refractivity contribution in [3.63, 3.8) is 0 Å². The molecule has 2 aliphatic rings. The molecule has 2 fully saturated rings. The summed E-state index contributed by atoms with van der Waals surface area (Å²) in [5.41, 5.74) is 0. The second-order valence-electron chi connectivity index (χ2n) is 5.68. The Labute approximate surface area is 105 Å². The Kier molecular flexibility index (Phi) is 4.43. The van der Waals surface area contributed by atoms with Crippen molar-refractivity contribution in [2.24, 2.45) is 5.92 Å². The van der Waals surface area contributed by atoms with E-state index in [4.69, 9.17) is 0 Å². The van der Waals surface area contributed by atoms with Crippen LogP contribution in [0.5, 0.6) is 0 Å². The Hall–Kier alpha value is -0.570. The summed E-state index contributed by atoms with van der Waals surface area (Å²) < 4.78 is 0. The highest BCUT2D eigenvalue weighted by atomic mass is 16.2. The fraction of sp³-hybridized carbons (Fsp3) is 0.929. The topological polar surface area (TPSA) is 32.3 Å². The molecule has 17 heavy (non-hydrogen) atoms. The third-order valence-electron chi connectivity index (χ3n) is 4.25. The van der Waals surface area contributed by atoms with Crippen LogP contribution in [0.1, 0.15) is 58.8 Å². The van der Waals surface area contributed by atoms with E-state index in [0.29, 0.717) is 5.91 Å².